The number of aryl methyl sites for hydroxylation is 4. The molecular weight excluding hydrogens is 672 g/mol. The van der Waals surface area contributed by atoms with E-state index in [0.29, 0.717) is 17.2 Å². The number of aromatic nitrogens is 2. The first-order chi connectivity index (χ1) is 25.5. The van der Waals surface area contributed by atoms with Gasteiger partial charge in [-0.05, 0) is 116 Å². The third-order valence-corrected chi connectivity index (χ3v) is 11.1. The number of hydrogen-bond donors (Lipinski definition) is 0. The van der Waals surface area contributed by atoms with E-state index in [1.54, 1.807) is 0 Å². The number of pyridine rings is 2. The summed E-state index contributed by atoms with van der Waals surface area (Å²) in [5, 5.41) is 1.98. The fourth-order valence-electron chi connectivity index (χ4n) is 6.81. The van der Waals surface area contributed by atoms with Crippen molar-refractivity contribution in [2.24, 2.45) is 0 Å². The average Bonchev–Trinajstić information content (AvgIpc) is 3.14. The van der Waals surface area contributed by atoms with E-state index in [1.165, 1.54) is 39.2 Å². The number of rotatable bonds is 11. The summed E-state index contributed by atoms with van der Waals surface area (Å²) in [6, 6.07) is 41.8. The van der Waals surface area contributed by atoms with Crippen molar-refractivity contribution in [3.8, 4) is 17.2 Å². The molecule has 7 aromatic rings. The monoisotopic (exact) mass is 716 g/mol. The van der Waals surface area contributed by atoms with Crippen molar-refractivity contribution in [1.82, 2.24) is 9.97 Å². The van der Waals surface area contributed by atoms with Crippen molar-refractivity contribution in [2.45, 2.75) is 33.6 Å². The average molecular weight is 717 g/mol. The Morgan fingerprint density at radius 1 is 0.509 bits per heavy atom. The molecule has 266 valence electrons. The van der Waals surface area contributed by atoms with Gasteiger partial charge in [-0.3, -0.25) is 0 Å². The maximum absolute atomic E-state index is 6.69. The highest BCUT2D eigenvalue weighted by Gasteiger charge is 2.45. The summed E-state index contributed by atoms with van der Waals surface area (Å²) in [5.74, 6) is 1.93. The summed E-state index contributed by atoms with van der Waals surface area (Å²) in [6.07, 6.45) is 0. The third-order valence-electron chi connectivity index (χ3n) is 9.70. The maximum atomic E-state index is 6.69. The van der Waals surface area contributed by atoms with Gasteiger partial charge >= 0.3 is 15.1 Å². The molecule has 5 aromatic carbocycles. The SMILES string of the molecule is Cc1ccc2cccc([O][Al]([O]c3ccc(C(c4ccc(N(C)C)cc4C)c4ccc(N(C)C)cc4C)cc3)[O]c3cccc4ccc(C)nc34)c2n1. The molecule has 0 aliphatic carbocycles. The van der Waals surface area contributed by atoms with Gasteiger partial charge in [-0.15, -0.1) is 0 Å². The molecule has 0 N–H and O–H groups in total. The lowest BCUT2D eigenvalue weighted by Gasteiger charge is -2.25. The van der Waals surface area contributed by atoms with E-state index in [-0.39, 0.29) is 5.92 Å². The Bertz CT molecular complexity index is 2270. The predicted molar refractivity (Wildman–Crippen MR) is 219 cm³/mol. The van der Waals surface area contributed by atoms with Gasteiger partial charge in [0.05, 0.1) is 5.75 Å². The number of anilines is 2. The smallest absolute Gasteiger partial charge is 0.577 e. The van der Waals surface area contributed by atoms with E-state index in [4.69, 9.17) is 21.3 Å². The van der Waals surface area contributed by atoms with Crippen LogP contribution in [-0.2, 0) is 0 Å². The van der Waals surface area contributed by atoms with Crippen LogP contribution in [0, 0.1) is 27.7 Å². The highest BCUT2D eigenvalue weighted by atomic mass is 27.3. The molecule has 2 heterocycles. The minimum atomic E-state index is -2.96. The second kappa shape index (κ2) is 15.2. The van der Waals surface area contributed by atoms with Crippen LogP contribution in [0.2, 0.25) is 0 Å². The van der Waals surface area contributed by atoms with Crippen molar-refractivity contribution < 1.29 is 11.4 Å². The van der Waals surface area contributed by atoms with Crippen LogP contribution in [0.15, 0.2) is 121 Å². The van der Waals surface area contributed by atoms with Crippen LogP contribution in [-0.4, -0.2) is 53.3 Å². The van der Waals surface area contributed by atoms with Gasteiger partial charge in [-0.2, -0.15) is 0 Å². The lowest BCUT2D eigenvalue weighted by molar-refractivity contribution is 0.310. The van der Waals surface area contributed by atoms with E-state index in [9.17, 15) is 0 Å². The minimum absolute atomic E-state index is 0.0204. The summed E-state index contributed by atoms with van der Waals surface area (Å²) in [4.78, 5) is 13.9. The van der Waals surface area contributed by atoms with Crippen molar-refractivity contribution >= 4 is 48.3 Å². The molecule has 0 bridgehead atoms. The van der Waals surface area contributed by atoms with Gasteiger partial charge < -0.3 is 21.2 Å². The number of fused-ring (bicyclic) bond motifs is 2. The fourth-order valence-corrected chi connectivity index (χ4v) is 8.12. The summed E-state index contributed by atoms with van der Waals surface area (Å²) in [6.45, 7) is 8.36. The molecule has 0 saturated heterocycles. The lowest BCUT2D eigenvalue weighted by atomic mass is 9.81. The number of hydrogen-bond acceptors (Lipinski definition) is 7. The molecule has 0 radical (unpaired) electrons. The van der Waals surface area contributed by atoms with Gasteiger partial charge in [0, 0.05) is 67.6 Å². The zero-order valence-corrected chi connectivity index (χ0v) is 32.9. The second-order valence-electron chi connectivity index (χ2n) is 14.1. The standard InChI is InChI=1S/C25H30N2O.2C10H9NO.Al/c1-17-15-20(26(3)4)9-13-23(17)25(19-7-11-22(28)12-8-19)24-14-10-21(27(5)6)16-18(24)2;2*1-7-5-6-8-3-2-4-9(12)10(8)11-7;/h7-16,25,28H,1-6H3;2*2-6,12H,1H3;/q;;;+3/p-3. The largest absolute Gasteiger partial charge is 1.20 e. The van der Waals surface area contributed by atoms with Crippen molar-refractivity contribution in [3.63, 3.8) is 0 Å². The normalized spacial score (nSPS) is 11.2. The third kappa shape index (κ3) is 7.80. The van der Waals surface area contributed by atoms with Gasteiger partial charge in [0.25, 0.3) is 0 Å². The molecule has 7 nitrogen and oxygen atoms in total. The zero-order valence-electron chi connectivity index (χ0n) is 31.7. The summed E-state index contributed by atoms with van der Waals surface area (Å²) in [5.41, 5.74) is 11.9. The van der Waals surface area contributed by atoms with Crippen LogP contribution < -0.4 is 21.2 Å². The van der Waals surface area contributed by atoms with E-state index >= 15 is 0 Å². The fraction of sp³-hybridized carbons (Fsp3) is 0.200. The predicted octanol–water partition coefficient (Wildman–Crippen LogP) is 9.85. The quantitative estimate of drug-likeness (QED) is 0.0976. The van der Waals surface area contributed by atoms with Crippen LogP contribution in [0.25, 0.3) is 21.8 Å². The van der Waals surface area contributed by atoms with Crippen LogP contribution in [0.3, 0.4) is 0 Å². The Hall–Kier alpha value is -5.55. The van der Waals surface area contributed by atoms with E-state index < -0.39 is 15.1 Å². The molecule has 0 aliphatic rings. The Labute approximate surface area is 317 Å². The minimum Gasteiger partial charge on any atom is -0.577 e. The number of para-hydroxylation sites is 2. The van der Waals surface area contributed by atoms with Gasteiger partial charge in [0.1, 0.15) is 22.5 Å². The topological polar surface area (TPSA) is 60.0 Å². The van der Waals surface area contributed by atoms with Gasteiger partial charge in [-0.1, -0.05) is 60.7 Å². The highest BCUT2D eigenvalue weighted by molar-refractivity contribution is 6.40. The molecule has 0 spiro atoms. The molecule has 0 unspecified atom stereocenters. The second-order valence-corrected chi connectivity index (χ2v) is 15.4. The molecule has 53 heavy (non-hydrogen) atoms. The van der Waals surface area contributed by atoms with Crippen LogP contribution in [0.1, 0.15) is 45.1 Å². The molecule has 0 fully saturated rings. The van der Waals surface area contributed by atoms with Crippen molar-refractivity contribution in [1.29, 1.82) is 0 Å². The summed E-state index contributed by atoms with van der Waals surface area (Å²) >= 11 is -2.96. The number of nitrogens with zero attached hydrogens (tertiary/aromatic N) is 4. The Morgan fingerprint density at radius 3 is 1.42 bits per heavy atom. The molecule has 8 heteroatoms. The summed E-state index contributed by atoms with van der Waals surface area (Å²) in [7, 11) is 8.31. The highest BCUT2D eigenvalue weighted by Crippen LogP contribution is 2.38. The molecule has 0 amide bonds. The molecule has 0 aliphatic heterocycles. The zero-order chi connectivity index (χ0) is 37.2. The van der Waals surface area contributed by atoms with E-state index in [2.05, 4.69) is 113 Å². The van der Waals surface area contributed by atoms with Crippen molar-refractivity contribution in [2.75, 3.05) is 38.0 Å². The maximum Gasteiger partial charge on any atom is 1.20 e. The Morgan fingerprint density at radius 2 is 0.981 bits per heavy atom. The lowest BCUT2D eigenvalue weighted by Crippen LogP contribution is -2.37. The van der Waals surface area contributed by atoms with Crippen LogP contribution >= 0.6 is 0 Å². The van der Waals surface area contributed by atoms with E-state index in [0.717, 1.165) is 33.2 Å². The van der Waals surface area contributed by atoms with Crippen LogP contribution in [0.5, 0.6) is 17.2 Å². The first-order valence-electron chi connectivity index (χ1n) is 17.9. The molecule has 7 rings (SSSR count). The molecule has 0 atom stereocenters. The van der Waals surface area contributed by atoms with Crippen molar-refractivity contribution in [3.05, 3.63) is 161 Å². The first kappa shape index (κ1) is 35.8. The summed E-state index contributed by atoms with van der Waals surface area (Å²) < 4.78 is 20.0. The van der Waals surface area contributed by atoms with Gasteiger partial charge in [0.2, 0.25) is 0 Å². The number of benzene rings is 5. The Balaban J connectivity index is 1.26. The van der Waals surface area contributed by atoms with Crippen LogP contribution in [0.4, 0.5) is 11.4 Å². The Kier molecular flexibility index (Phi) is 10.3. The molecule has 0 saturated carbocycles. The first-order valence-corrected chi connectivity index (χ1v) is 19.3. The van der Waals surface area contributed by atoms with Gasteiger partial charge in [0.15, 0.2) is 0 Å². The van der Waals surface area contributed by atoms with Gasteiger partial charge in [-0.25, -0.2) is 9.97 Å². The molecule has 2 aromatic heterocycles. The van der Waals surface area contributed by atoms with E-state index in [1.807, 2.05) is 74.5 Å². The molecular formula is C45H45AlN4O3.